The first kappa shape index (κ1) is 22.2. The zero-order valence-corrected chi connectivity index (χ0v) is 18.4. The summed E-state index contributed by atoms with van der Waals surface area (Å²) >= 11 is 5.91. The van der Waals surface area contributed by atoms with Crippen molar-refractivity contribution in [3.63, 3.8) is 0 Å². The van der Waals surface area contributed by atoms with Gasteiger partial charge in [-0.05, 0) is 42.0 Å². The van der Waals surface area contributed by atoms with Crippen molar-refractivity contribution in [3.8, 4) is 0 Å². The fourth-order valence-electron chi connectivity index (χ4n) is 3.29. The molecule has 2 amide bonds. The van der Waals surface area contributed by atoms with E-state index >= 15 is 0 Å². The Labute approximate surface area is 196 Å². The number of carbonyl (C=O) groups excluding carboxylic acids is 2. The molecule has 0 spiro atoms. The summed E-state index contributed by atoms with van der Waals surface area (Å²) in [6, 6.07) is 22.6. The van der Waals surface area contributed by atoms with Crippen LogP contribution in [0.1, 0.15) is 21.6 Å². The Bertz CT molecular complexity index is 1210. The van der Waals surface area contributed by atoms with Gasteiger partial charge < -0.3 is 10.6 Å². The number of nitrogens with one attached hydrogen (secondary N) is 2. The highest BCUT2D eigenvalue weighted by atomic mass is 35.5. The average molecular weight is 460 g/mol. The van der Waals surface area contributed by atoms with Crippen LogP contribution in [-0.2, 0) is 17.8 Å². The molecule has 2 aromatic carbocycles. The normalized spacial score (nSPS) is 11.5. The van der Waals surface area contributed by atoms with Gasteiger partial charge in [-0.15, -0.1) is 0 Å². The van der Waals surface area contributed by atoms with Gasteiger partial charge >= 0.3 is 0 Å². The molecule has 4 rings (SSSR count). The molecule has 2 heterocycles. The molecular weight excluding hydrogens is 438 g/mol. The van der Waals surface area contributed by atoms with Gasteiger partial charge in [0.25, 0.3) is 5.91 Å². The van der Waals surface area contributed by atoms with Crippen molar-refractivity contribution in [3.05, 3.63) is 113 Å². The number of halogens is 1. The Balaban J connectivity index is 1.47. The van der Waals surface area contributed by atoms with Crippen LogP contribution < -0.4 is 10.6 Å². The highest BCUT2D eigenvalue weighted by molar-refractivity contribution is 6.30. The van der Waals surface area contributed by atoms with Gasteiger partial charge in [-0.25, -0.2) is 0 Å². The van der Waals surface area contributed by atoms with Crippen LogP contribution in [0.15, 0.2) is 91.3 Å². The maximum absolute atomic E-state index is 13.1. The first-order chi connectivity index (χ1) is 16.1. The van der Waals surface area contributed by atoms with E-state index in [1.807, 2.05) is 48.5 Å². The fourth-order valence-corrected chi connectivity index (χ4v) is 3.42. The molecule has 8 heteroatoms. The van der Waals surface area contributed by atoms with Gasteiger partial charge in [0, 0.05) is 35.5 Å². The minimum atomic E-state index is -0.795. The van der Waals surface area contributed by atoms with E-state index in [0.29, 0.717) is 29.4 Å². The largest absolute Gasteiger partial charge is 0.340 e. The topological polar surface area (TPSA) is 88.9 Å². The zero-order valence-electron chi connectivity index (χ0n) is 17.7. The summed E-state index contributed by atoms with van der Waals surface area (Å²) < 4.78 is 1.69. The number of carbonyl (C=O) groups is 2. The number of anilines is 1. The second kappa shape index (κ2) is 10.6. The van der Waals surface area contributed by atoms with Crippen LogP contribution in [0, 0.1) is 0 Å². The number of rotatable bonds is 8. The van der Waals surface area contributed by atoms with E-state index in [2.05, 4.69) is 20.7 Å². The molecule has 0 bridgehead atoms. The molecule has 0 saturated heterocycles. The maximum atomic E-state index is 13.1. The number of amides is 2. The smallest absolute Gasteiger partial charge is 0.251 e. The Morgan fingerprint density at radius 2 is 1.70 bits per heavy atom. The van der Waals surface area contributed by atoms with Crippen LogP contribution in [0.25, 0.3) is 0 Å². The van der Waals surface area contributed by atoms with E-state index in [9.17, 15) is 9.59 Å². The van der Waals surface area contributed by atoms with Crippen molar-refractivity contribution in [1.82, 2.24) is 20.1 Å². The summed E-state index contributed by atoms with van der Waals surface area (Å²) in [5.74, 6) is -0.317. The Kier molecular flexibility index (Phi) is 7.12. The molecule has 0 saturated carbocycles. The van der Waals surface area contributed by atoms with E-state index in [1.54, 1.807) is 47.4 Å². The molecule has 166 valence electrons. The lowest BCUT2D eigenvalue weighted by molar-refractivity contribution is -0.118. The molecule has 0 fully saturated rings. The van der Waals surface area contributed by atoms with Crippen molar-refractivity contribution in [2.24, 2.45) is 0 Å². The van der Waals surface area contributed by atoms with E-state index in [1.165, 1.54) is 0 Å². The van der Waals surface area contributed by atoms with E-state index in [4.69, 9.17) is 11.6 Å². The average Bonchev–Trinajstić information content (AvgIpc) is 3.27. The second-order valence-electron chi connectivity index (χ2n) is 7.43. The molecule has 1 unspecified atom stereocenters. The summed E-state index contributed by atoms with van der Waals surface area (Å²) in [6.45, 7) is 0.484. The van der Waals surface area contributed by atoms with Crippen LogP contribution in [0.4, 0.5) is 5.82 Å². The van der Waals surface area contributed by atoms with Gasteiger partial charge in [0.15, 0.2) is 5.82 Å². The van der Waals surface area contributed by atoms with E-state index in [-0.39, 0.29) is 11.8 Å². The highest BCUT2D eigenvalue weighted by Gasteiger charge is 2.23. The summed E-state index contributed by atoms with van der Waals surface area (Å²) in [4.78, 5) is 30.1. The number of hydrogen-bond acceptors (Lipinski definition) is 4. The third kappa shape index (κ3) is 6.27. The quantitative estimate of drug-likeness (QED) is 0.417. The SMILES string of the molecule is O=C(NC(Cc1ccccc1)C(=O)Nc1ccn(Cc2ccccn2)n1)c1ccc(Cl)cc1. The number of benzene rings is 2. The Morgan fingerprint density at radius 3 is 2.42 bits per heavy atom. The van der Waals surface area contributed by atoms with Gasteiger partial charge in [-0.1, -0.05) is 48.0 Å². The van der Waals surface area contributed by atoms with Gasteiger partial charge in [0.1, 0.15) is 6.04 Å². The lowest BCUT2D eigenvalue weighted by Gasteiger charge is -2.18. The third-order valence-electron chi connectivity index (χ3n) is 4.95. The van der Waals surface area contributed by atoms with Gasteiger partial charge in [0.2, 0.25) is 5.91 Å². The molecule has 33 heavy (non-hydrogen) atoms. The molecule has 0 aliphatic rings. The predicted octanol–water partition coefficient (Wildman–Crippen LogP) is 3.96. The summed E-state index contributed by atoms with van der Waals surface area (Å²) in [7, 11) is 0. The Hall–Kier alpha value is -3.97. The highest BCUT2D eigenvalue weighted by Crippen LogP contribution is 2.12. The first-order valence-electron chi connectivity index (χ1n) is 10.4. The van der Waals surface area contributed by atoms with E-state index < -0.39 is 6.04 Å². The molecule has 4 aromatic rings. The third-order valence-corrected chi connectivity index (χ3v) is 5.20. The van der Waals surface area contributed by atoms with Gasteiger partial charge in [-0.2, -0.15) is 5.10 Å². The molecule has 0 aliphatic carbocycles. The predicted molar refractivity (Wildman–Crippen MR) is 127 cm³/mol. The molecule has 2 aromatic heterocycles. The van der Waals surface area contributed by atoms with Crippen molar-refractivity contribution >= 4 is 29.2 Å². The molecule has 2 N–H and O–H groups in total. The van der Waals surface area contributed by atoms with Crippen LogP contribution in [-0.4, -0.2) is 32.6 Å². The fraction of sp³-hybridized carbons (Fsp3) is 0.120. The number of nitrogens with zero attached hydrogens (tertiary/aromatic N) is 3. The van der Waals surface area contributed by atoms with Crippen molar-refractivity contribution in [2.45, 2.75) is 19.0 Å². The minimum Gasteiger partial charge on any atom is -0.340 e. The van der Waals surface area contributed by atoms with Crippen LogP contribution in [0.5, 0.6) is 0 Å². The summed E-state index contributed by atoms with van der Waals surface area (Å²) in [6.07, 6.45) is 3.82. The molecular formula is C25H22ClN5O2. The van der Waals surface area contributed by atoms with Crippen molar-refractivity contribution in [2.75, 3.05) is 5.32 Å². The summed E-state index contributed by atoms with van der Waals surface area (Å²) in [5.41, 5.74) is 2.20. The molecule has 1 atom stereocenters. The number of pyridine rings is 1. The van der Waals surface area contributed by atoms with Crippen molar-refractivity contribution < 1.29 is 9.59 Å². The first-order valence-corrected chi connectivity index (χ1v) is 10.8. The standard InChI is InChI=1S/C25H22ClN5O2/c26-20-11-9-19(10-12-20)24(32)28-22(16-18-6-2-1-3-7-18)25(33)29-23-13-15-31(30-23)17-21-8-4-5-14-27-21/h1-15,22H,16-17H2,(H,28,32)(H,29,30,33). The lowest BCUT2D eigenvalue weighted by Crippen LogP contribution is -2.45. The van der Waals surface area contributed by atoms with Crippen LogP contribution in [0.3, 0.4) is 0 Å². The maximum Gasteiger partial charge on any atom is 0.251 e. The molecule has 0 aliphatic heterocycles. The van der Waals surface area contributed by atoms with Gasteiger partial charge in [-0.3, -0.25) is 19.3 Å². The monoisotopic (exact) mass is 459 g/mol. The molecule has 0 radical (unpaired) electrons. The molecule has 7 nitrogen and oxygen atoms in total. The van der Waals surface area contributed by atoms with Crippen LogP contribution in [0.2, 0.25) is 5.02 Å². The zero-order chi connectivity index (χ0) is 23.0. The van der Waals surface area contributed by atoms with Crippen LogP contribution >= 0.6 is 11.6 Å². The Morgan fingerprint density at radius 1 is 0.939 bits per heavy atom. The second-order valence-corrected chi connectivity index (χ2v) is 7.87. The van der Waals surface area contributed by atoms with E-state index in [0.717, 1.165) is 11.3 Å². The number of aromatic nitrogens is 3. The minimum absolute atomic E-state index is 0.334. The lowest BCUT2D eigenvalue weighted by atomic mass is 10.0. The van der Waals surface area contributed by atoms with Crippen molar-refractivity contribution in [1.29, 1.82) is 0 Å². The summed E-state index contributed by atoms with van der Waals surface area (Å²) in [5, 5.41) is 10.6. The van der Waals surface area contributed by atoms with Gasteiger partial charge in [0.05, 0.1) is 12.2 Å². The number of hydrogen-bond donors (Lipinski definition) is 2.